The molecule has 0 saturated heterocycles. The molecule has 124 valence electrons. The molecule has 1 N–H and O–H groups in total. The average Bonchev–Trinajstić information content (AvgIpc) is 2.95. The number of aromatic nitrogens is 2. The Labute approximate surface area is 134 Å². The van der Waals surface area contributed by atoms with E-state index >= 15 is 0 Å². The number of aromatic carboxylic acids is 1. The van der Waals surface area contributed by atoms with E-state index in [1.54, 1.807) is 12.1 Å². The van der Waals surface area contributed by atoms with Gasteiger partial charge in [-0.1, -0.05) is 25.1 Å². The first kappa shape index (κ1) is 17.0. The van der Waals surface area contributed by atoms with Gasteiger partial charge in [0.2, 0.25) is 5.89 Å². The van der Waals surface area contributed by atoms with Gasteiger partial charge >= 0.3 is 5.97 Å². The normalized spacial score (nSPS) is 11.2. The van der Waals surface area contributed by atoms with Crippen molar-refractivity contribution < 1.29 is 19.2 Å². The highest BCUT2D eigenvalue weighted by molar-refractivity contribution is 5.91. The average molecular weight is 319 g/mol. The summed E-state index contributed by atoms with van der Waals surface area (Å²) in [6.45, 7) is 5.06. The lowest BCUT2D eigenvalue weighted by Crippen LogP contribution is -2.18. The van der Waals surface area contributed by atoms with E-state index in [-0.39, 0.29) is 11.5 Å². The molecule has 7 nitrogen and oxygen atoms in total. The summed E-state index contributed by atoms with van der Waals surface area (Å²) in [5.41, 5.74) is 1.02. The molecule has 0 aliphatic carbocycles. The van der Waals surface area contributed by atoms with Crippen LogP contribution >= 0.6 is 0 Å². The zero-order chi connectivity index (χ0) is 17.0. The van der Waals surface area contributed by atoms with Crippen molar-refractivity contribution in [2.75, 3.05) is 14.2 Å². The van der Waals surface area contributed by atoms with E-state index in [0.29, 0.717) is 30.6 Å². The van der Waals surface area contributed by atoms with Gasteiger partial charge in [0.25, 0.3) is 0 Å². The lowest BCUT2D eigenvalue weighted by Gasteiger charge is -2.15. The van der Waals surface area contributed by atoms with Crippen molar-refractivity contribution >= 4 is 5.97 Å². The molecular formula is C16H21N3O4. The smallest absolute Gasteiger partial charge is 0.339 e. The number of benzene rings is 1. The first-order valence-electron chi connectivity index (χ1n) is 7.32. The standard InChI is InChI=1S/C16H21N3O4/c1-10(2)15-17-14(23-18-15)9-19(3)8-11-5-6-13(22-4)12(7-11)16(20)21/h5-7,10H,8-9H2,1-4H3,(H,20,21). The van der Waals surface area contributed by atoms with Crippen LogP contribution in [0.5, 0.6) is 5.75 Å². The Balaban J connectivity index is 2.06. The van der Waals surface area contributed by atoms with E-state index < -0.39 is 5.97 Å². The molecule has 0 unspecified atom stereocenters. The Hall–Kier alpha value is -2.41. The van der Waals surface area contributed by atoms with Gasteiger partial charge in [0, 0.05) is 12.5 Å². The minimum absolute atomic E-state index is 0.151. The lowest BCUT2D eigenvalue weighted by molar-refractivity contribution is 0.0693. The molecule has 1 aromatic carbocycles. The van der Waals surface area contributed by atoms with E-state index in [4.69, 9.17) is 9.26 Å². The fourth-order valence-corrected chi connectivity index (χ4v) is 2.19. The van der Waals surface area contributed by atoms with Crippen LogP contribution in [0.2, 0.25) is 0 Å². The molecule has 0 amide bonds. The number of hydrogen-bond donors (Lipinski definition) is 1. The van der Waals surface area contributed by atoms with E-state index in [1.165, 1.54) is 7.11 Å². The van der Waals surface area contributed by atoms with Crippen LogP contribution in [0.1, 0.15) is 47.4 Å². The van der Waals surface area contributed by atoms with Crippen molar-refractivity contribution in [3.05, 3.63) is 41.0 Å². The van der Waals surface area contributed by atoms with Gasteiger partial charge in [-0.25, -0.2) is 4.79 Å². The van der Waals surface area contributed by atoms with Crippen molar-refractivity contribution in [1.29, 1.82) is 0 Å². The molecule has 0 bridgehead atoms. The summed E-state index contributed by atoms with van der Waals surface area (Å²) >= 11 is 0. The van der Waals surface area contributed by atoms with Crippen molar-refractivity contribution in [2.45, 2.75) is 32.9 Å². The molecule has 23 heavy (non-hydrogen) atoms. The third-order valence-electron chi connectivity index (χ3n) is 3.35. The number of nitrogens with zero attached hydrogens (tertiary/aromatic N) is 3. The Morgan fingerprint density at radius 1 is 1.39 bits per heavy atom. The molecule has 7 heteroatoms. The zero-order valence-electron chi connectivity index (χ0n) is 13.7. The number of methoxy groups -OCH3 is 1. The minimum Gasteiger partial charge on any atom is -0.496 e. The van der Waals surface area contributed by atoms with Gasteiger partial charge in [0.15, 0.2) is 5.82 Å². The molecule has 0 fully saturated rings. The van der Waals surface area contributed by atoms with Gasteiger partial charge in [0.1, 0.15) is 11.3 Å². The van der Waals surface area contributed by atoms with E-state index in [0.717, 1.165) is 5.56 Å². The van der Waals surface area contributed by atoms with Crippen molar-refractivity contribution in [3.8, 4) is 5.75 Å². The predicted octanol–water partition coefficient (Wildman–Crippen LogP) is 2.53. The highest BCUT2D eigenvalue weighted by Crippen LogP contribution is 2.21. The van der Waals surface area contributed by atoms with Crippen LogP contribution < -0.4 is 4.74 Å². The summed E-state index contributed by atoms with van der Waals surface area (Å²) < 4.78 is 10.3. The van der Waals surface area contributed by atoms with Gasteiger partial charge in [-0.3, -0.25) is 4.90 Å². The zero-order valence-corrected chi connectivity index (χ0v) is 13.7. The molecule has 1 heterocycles. The second-order valence-corrected chi connectivity index (χ2v) is 5.71. The molecule has 2 aromatic rings. The van der Waals surface area contributed by atoms with Crippen molar-refractivity contribution in [3.63, 3.8) is 0 Å². The number of carbonyl (C=O) groups is 1. The molecular weight excluding hydrogens is 298 g/mol. The number of hydrogen-bond acceptors (Lipinski definition) is 6. The molecule has 0 aliphatic heterocycles. The maximum atomic E-state index is 11.2. The van der Waals surface area contributed by atoms with Crippen LogP contribution in [0, 0.1) is 0 Å². The minimum atomic E-state index is -1.01. The molecule has 0 atom stereocenters. The van der Waals surface area contributed by atoms with Crippen LogP contribution in [0.25, 0.3) is 0 Å². The second kappa shape index (κ2) is 7.23. The second-order valence-electron chi connectivity index (χ2n) is 5.71. The Morgan fingerprint density at radius 3 is 2.70 bits per heavy atom. The summed E-state index contributed by atoms with van der Waals surface area (Å²) in [5.74, 6) is 0.791. The van der Waals surface area contributed by atoms with Gasteiger partial charge in [-0.15, -0.1) is 0 Å². The van der Waals surface area contributed by atoms with Crippen molar-refractivity contribution in [2.24, 2.45) is 0 Å². The van der Waals surface area contributed by atoms with Crippen LogP contribution in [0.15, 0.2) is 22.7 Å². The SMILES string of the molecule is COc1ccc(CN(C)Cc2nc(C(C)C)no2)cc1C(=O)O. The molecule has 2 rings (SSSR count). The van der Waals surface area contributed by atoms with E-state index in [1.807, 2.05) is 31.9 Å². The summed E-state index contributed by atoms with van der Waals surface area (Å²) in [7, 11) is 3.36. The first-order valence-corrected chi connectivity index (χ1v) is 7.32. The van der Waals surface area contributed by atoms with Gasteiger partial charge in [0.05, 0.1) is 13.7 Å². The molecule has 0 aliphatic rings. The Bertz CT molecular complexity index is 682. The number of rotatable bonds is 7. The van der Waals surface area contributed by atoms with Crippen LogP contribution in [-0.4, -0.2) is 40.3 Å². The quantitative estimate of drug-likeness (QED) is 0.838. The molecule has 1 aromatic heterocycles. The lowest BCUT2D eigenvalue weighted by atomic mass is 10.1. The molecule has 0 saturated carbocycles. The number of carboxylic acids is 1. The maximum absolute atomic E-state index is 11.2. The summed E-state index contributed by atoms with van der Waals surface area (Å²) in [4.78, 5) is 17.6. The van der Waals surface area contributed by atoms with Crippen LogP contribution in [0.4, 0.5) is 0 Å². The molecule has 0 radical (unpaired) electrons. The topological polar surface area (TPSA) is 88.7 Å². The van der Waals surface area contributed by atoms with E-state index in [9.17, 15) is 9.90 Å². The highest BCUT2D eigenvalue weighted by atomic mass is 16.5. The van der Waals surface area contributed by atoms with Gasteiger partial charge in [-0.2, -0.15) is 4.98 Å². The van der Waals surface area contributed by atoms with Crippen molar-refractivity contribution in [1.82, 2.24) is 15.0 Å². The first-order chi connectivity index (χ1) is 10.9. The Kier molecular flexibility index (Phi) is 5.33. The maximum Gasteiger partial charge on any atom is 0.339 e. The number of ether oxygens (including phenoxy) is 1. The van der Waals surface area contributed by atoms with Gasteiger partial charge in [-0.05, 0) is 24.7 Å². The number of carboxylic acid groups (broad SMARTS) is 1. The van der Waals surface area contributed by atoms with Crippen LogP contribution in [-0.2, 0) is 13.1 Å². The predicted molar refractivity (Wildman–Crippen MR) is 83.5 cm³/mol. The van der Waals surface area contributed by atoms with Crippen LogP contribution in [0.3, 0.4) is 0 Å². The van der Waals surface area contributed by atoms with Gasteiger partial charge < -0.3 is 14.4 Å². The molecule has 0 spiro atoms. The Morgan fingerprint density at radius 2 is 2.13 bits per heavy atom. The largest absolute Gasteiger partial charge is 0.496 e. The summed E-state index contributed by atoms with van der Waals surface area (Å²) in [5, 5.41) is 13.1. The summed E-state index contributed by atoms with van der Waals surface area (Å²) in [6, 6.07) is 5.12. The fourth-order valence-electron chi connectivity index (χ4n) is 2.19. The monoisotopic (exact) mass is 319 g/mol. The fraction of sp³-hybridized carbons (Fsp3) is 0.438. The summed E-state index contributed by atoms with van der Waals surface area (Å²) in [6.07, 6.45) is 0. The highest BCUT2D eigenvalue weighted by Gasteiger charge is 2.14. The third-order valence-corrected chi connectivity index (χ3v) is 3.35. The third kappa shape index (κ3) is 4.29. The van der Waals surface area contributed by atoms with E-state index in [2.05, 4.69) is 10.1 Å².